The molecular weight excluding hydrogens is 636 g/mol. The van der Waals surface area contributed by atoms with Crippen molar-refractivity contribution >= 4 is 44.7 Å². The van der Waals surface area contributed by atoms with Crippen molar-refractivity contribution < 1.29 is 35.2 Å². The Morgan fingerprint density at radius 1 is 1.13 bits per heavy atom. The molecule has 1 heterocycles. The van der Waals surface area contributed by atoms with Crippen molar-refractivity contribution in [2.75, 3.05) is 40.1 Å². The van der Waals surface area contributed by atoms with Crippen LogP contribution in [0.3, 0.4) is 0 Å². The van der Waals surface area contributed by atoms with Crippen molar-refractivity contribution in [3.8, 4) is 5.75 Å². The first kappa shape index (κ1) is 27.6. The van der Waals surface area contributed by atoms with Gasteiger partial charge in [-0.3, -0.25) is 0 Å². The first-order valence-electron chi connectivity index (χ1n) is 10.3. The van der Waals surface area contributed by atoms with Crippen molar-refractivity contribution in [1.29, 1.82) is 0 Å². The number of rotatable bonds is 15. The quantitative estimate of drug-likeness (QED) is 0.158. The molecule has 2 rings (SSSR count). The predicted octanol–water partition coefficient (Wildman–Crippen LogP) is 3.69. The topological polar surface area (TPSA) is 73.8 Å². The number of hydrogen-bond acceptors (Lipinski definition) is 9. The Morgan fingerprint density at radius 2 is 1.87 bits per heavy atom. The van der Waals surface area contributed by atoms with Crippen LogP contribution in [0.5, 0.6) is 5.75 Å². The van der Waals surface area contributed by atoms with Crippen LogP contribution in [0.25, 0.3) is 0 Å². The maximum absolute atomic E-state index is 5.92. The molecule has 8 nitrogen and oxygen atoms in total. The molecule has 0 saturated carbocycles. The van der Waals surface area contributed by atoms with Gasteiger partial charge in [-0.05, 0) is 12.1 Å². The van der Waals surface area contributed by atoms with Crippen LogP contribution in [-0.2, 0) is 42.3 Å². The van der Waals surface area contributed by atoms with Crippen LogP contribution in [0.15, 0.2) is 24.3 Å². The molecule has 1 saturated heterocycles. The van der Waals surface area contributed by atoms with Crippen molar-refractivity contribution in [2.45, 2.75) is 51.8 Å². The second-order valence-electron chi connectivity index (χ2n) is 7.28. The van der Waals surface area contributed by atoms with Crippen LogP contribution in [0, 0.1) is 0 Å². The molecule has 1 fully saturated rings. The van der Waals surface area contributed by atoms with E-state index in [1.807, 2.05) is 45.0 Å². The third-order valence-corrected chi connectivity index (χ3v) is 7.76. The summed E-state index contributed by atoms with van der Waals surface area (Å²) in [7, 11) is 1.64. The number of methoxy groups -OCH3 is 1. The normalized spacial score (nSPS) is 21.8. The van der Waals surface area contributed by atoms with E-state index in [9.17, 15) is 0 Å². The van der Waals surface area contributed by atoms with Crippen molar-refractivity contribution in [3.05, 3.63) is 29.8 Å². The van der Waals surface area contributed by atoms with Gasteiger partial charge in [-0.2, -0.15) is 0 Å². The van der Waals surface area contributed by atoms with E-state index in [2.05, 4.69) is 0 Å². The van der Waals surface area contributed by atoms with E-state index in [1.54, 1.807) is 7.11 Å². The molecule has 0 bridgehead atoms. The Hall–Kier alpha value is 0.312. The first-order chi connectivity index (χ1) is 14.8. The molecule has 0 N–H and O–H groups in total. The SMILES string of the molecule is COc1ccc(C2OCC(COCCOP(=S)(OC(C)C)OC(C)CC[O][Tl])O2)cc1. The summed E-state index contributed by atoms with van der Waals surface area (Å²) in [6.45, 7) is 5.09. The molecule has 1 aromatic carbocycles. The van der Waals surface area contributed by atoms with Gasteiger partial charge in [0.2, 0.25) is 0 Å². The van der Waals surface area contributed by atoms with E-state index in [-0.39, 0.29) is 24.9 Å². The van der Waals surface area contributed by atoms with E-state index in [1.165, 1.54) is 0 Å². The van der Waals surface area contributed by atoms with Gasteiger partial charge < -0.3 is 14.2 Å². The van der Waals surface area contributed by atoms with E-state index in [0.717, 1.165) is 17.7 Å². The summed E-state index contributed by atoms with van der Waals surface area (Å²) >= 11 is 6.07. The maximum atomic E-state index is 5.92. The molecule has 1 aromatic rings. The monoisotopic (exact) mass is 668 g/mol. The zero-order valence-electron chi connectivity index (χ0n) is 18.6. The van der Waals surface area contributed by atoms with Crippen LogP contribution in [0.4, 0.5) is 0 Å². The second-order valence-corrected chi connectivity index (χ2v) is 11.5. The summed E-state index contributed by atoms with van der Waals surface area (Å²) in [6, 6.07) is 7.62. The van der Waals surface area contributed by atoms with Gasteiger partial charge in [-0.1, -0.05) is 12.1 Å². The molecule has 0 aromatic heterocycles. The molecule has 11 heteroatoms. The van der Waals surface area contributed by atoms with Gasteiger partial charge in [-0.15, -0.1) is 0 Å². The molecule has 174 valence electrons. The smallest absolute Gasteiger partial charge is 0.0195 e. The average molecular weight is 668 g/mol. The molecule has 31 heavy (non-hydrogen) atoms. The summed E-state index contributed by atoms with van der Waals surface area (Å²) in [5.41, 5.74) is 0.945. The third-order valence-electron chi connectivity index (χ3n) is 4.21. The molecule has 0 amide bonds. The largest absolute Gasteiger partial charge is 0.340 e. The van der Waals surface area contributed by atoms with Crippen LogP contribution >= 0.6 is 6.72 Å². The van der Waals surface area contributed by atoms with Crippen LogP contribution in [0.2, 0.25) is 0 Å². The van der Waals surface area contributed by atoms with Gasteiger partial charge in [0.15, 0.2) is 6.29 Å². The fourth-order valence-electron chi connectivity index (χ4n) is 2.75. The second kappa shape index (κ2) is 14.5. The average Bonchev–Trinajstić information content (AvgIpc) is 3.20. The summed E-state index contributed by atoms with van der Waals surface area (Å²) in [4.78, 5) is 0. The molecule has 0 aliphatic carbocycles. The van der Waals surface area contributed by atoms with Gasteiger partial charge in [-0.25, -0.2) is 0 Å². The Morgan fingerprint density at radius 3 is 2.52 bits per heavy atom. The van der Waals surface area contributed by atoms with Crippen molar-refractivity contribution in [2.24, 2.45) is 0 Å². The standard InChI is InChI=1S/C20H32O8PS.Tl/c1-15(2)27-29(30,28-16(3)9-10-21)25-12-11-23-13-19-14-24-20(26-19)17-5-7-18(22-4)8-6-17;/h5-8,15-16,19-20H,9-14H2,1-4H3;/q-1;+1. The molecule has 4 atom stereocenters. The van der Waals surface area contributed by atoms with Crippen LogP contribution < -0.4 is 4.74 Å². The van der Waals surface area contributed by atoms with E-state index < -0.39 is 13.0 Å². The summed E-state index contributed by atoms with van der Waals surface area (Å²) in [5.74, 6) is 0.794. The van der Waals surface area contributed by atoms with E-state index in [0.29, 0.717) is 52.6 Å². The Balaban J connectivity index is 1.69. The van der Waals surface area contributed by atoms with Gasteiger partial charge in [0.25, 0.3) is 0 Å². The van der Waals surface area contributed by atoms with E-state index in [4.69, 9.17) is 47.0 Å². The summed E-state index contributed by atoms with van der Waals surface area (Å²) in [6.07, 6.45) is 0.0329. The fraction of sp³-hybridized carbons (Fsp3) is 0.700. The Labute approximate surface area is 206 Å². The summed E-state index contributed by atoms with van der Waals surface area (Å²) in [5, 5.41) is 0. The minimum absolute atomic E-state index is 0.0887. The van der Waals surface area contributed by atoms with Crippen molar-refractivity contribution in [3.63, 3.8) is 0 Å². The maximum Gasteiger partial charge on any atom is -0.0195 e. The fourth-order valence-corrected chi connectivity index (χ4v) is 5.99. The zero-order chi connectivity index (χ0) is 22.7. The van der Waals surface area contributed by atoms with Crippen LogP contribution in [-0.4, -0.2) is 84.7 Å². The first-order valence-corrected chi connectivity index (χ1v) is 14.7. The molecular formula is C20H32O8PSTl. The number of ether oxygens (including phenoxy) is 4. The van der Waals surface area contributed by atoms with Gasteiger partial charge >= 0.3 is 138 Å². The number of benzene rings is 1. The van der Waals surface area contributed by atoms with E-state index >= 15 is 0 Å². The molecule has 1 aliphatic heterocycles. The minimum Gasteiger partial charge on any atom is -0.340 e. The third kappa shape index (κ3) is 10.4. The van der Waals surface area contributed by atoms with Gasteiger partial charge in [0, 0.05) is 5.56 Å². The zero-order valence-corrected chi connectivity index (χ0v) is 24.8. The van der Waals surface area contributed by atoms with Gasteiger partial charge in [0.1, 0.15) is 5.75 Å². The van der Waals surface area contributed by atoms with Crippen molar-refractivity contribution in [1.82, 2.24) is 0 Å². The Kier molecular flexibility index (Phi) is 12.9. The van der Waals surface area contributed by atoms with Crippen LogP contribution in [0.1, 0.15) is 39.0 Å². The van der Waals surface area contributed by atoms with Gasteiger partial charge in [0.05, 0.1) is 13.7 Å². The molecule has 0 spiro atoms. The summed E-state index contributed by atoms with van der Waals surface area (Å²) < 4.78 is 45.3. The Bertz CT molecular complexity index is 678. The predicted molar refractivity (Wildman–Crippen MR) is 121 cm³/mol. The minimum atomic E-state index is -2.85. The molecule has 0 radical (unpaired) electrons. The molecule has 4 unspecified atom stereocenters. The molecule has 1 aliphatic rings. The number of hydrogen-bond donors (Lipinski definition) is 0.